The second kappa shape index (κ2) is 6.74. The molecule has 0 aromatic heterocycles. The minimum Gasteiger partial charge on any atom is -0.492 e. The highest BCUT2D eigenvalue weighted by Crippen LogP contribution is 2.40. The van der Waals surface area contributed by atoms with Crippen LogP contribution < -0.4 is 10.1 Å². The second-order valence-corrected chi connectivity index (χ2v) is 6.82. The standard InChI is InChI=1S/C16H21Cl2NO2/c17-10-8-11-13(6-7-21-16(11)12(18)9-10)19-14-4-2-1-3-5-15(14)20/h8-9,13-15,19-20H,1-7H2. The van der Waals surface area contributed by atoms with Gasteiger partial charge < -0.3 is 15.2 Å². The summed E-state index contributed by atoms with van der Waals surface area (Å²) in [5.74, 6) is 0.730. The largest absolute Gasteiger partial charge is 0.492 e. The average Bonchev–Trinajstić information content (AvgIpc) is 2.65. The van der Waals surface area contributed by atoms with Gasteiger partial charge in [-0.2, -0.15) is 0 Å². The molecule has 1 aromatic rings. The monoisotopic (exact) mass is 329 g/mol. The first kappa shape index (κ1) is 15.4. The summed E-state index contributed by atoms with van der Waals surface area (Å²) in [5.41, 5.74) is 1.01. The minimum atomic E-state index is -0.270. The van der Waals surface area contributed by atoms with E-state index in [2.05, 4.69) is 5.32 Å². The van der Waals surface area contributed by atoms with Crippen LogP contribution in [0.3, 0.4) is 0 Å². The third-order valence-electron chi connectivity index (χ3n) is 4.46. The minimum absolute atomic E-state index is 0.140. The van der Waals surface area contributed by atoms with E-state index in [9.17, 15) is 5.11 Å². The van der Waals surface area contributed by atoms with Crippen molar-refractivity contribution in [3.05, 3.63) is 27.7 Å². The van der Waals surface area contributed by atoms with Gasteiger partial charge in [-0.1, -0.05) is 42.5 Å². The maximum absolute atomic E-state index is 10.3. The van der Waals surface area contributed by atoms with Gasteiger partial charge in [0.15, 0.2) is 0 Å². The highest BCUT2D eigenvalue weighted by atomic mass is 35.5. The van der Waals surface area contributed by atoms with E-state index in [1.54, 1.807) is 6.07 Å². The molecule has 0 saturated heterocycles. The molecular formula is C16H21Cl2NO2. The van der Waals surface area contributed by atoms with Gasteiger partial charge in [0, 0.05) is 29.1 Å². The molecule has 0 bridgehead atoms. The SMILES string of the molecule is OC1CCCCCC1NC1CCOc2c(Cl)cc(Cl)cc21. The number of hydrogen-bond acceptors (Lipinski definition) is 3. The zero-order valence-electron chi connectivity index (χ0n) is 11.9. The van der Waals surface area contributed by atoms with E-state index in [1.165, 1.54) is 12.8 Å². The lowest BCUT2D eigenvalue weighted by molar-refractivity contribution is 0.108. The molecule has 1 aliphatic carbocycles. The lowest BCUT2D eigenvalue weighted by atomic mass is 9.97. The summed E-state index contributed by atoms with van der Waals surface area (Å²) in [5, 5.41) is 15.1. The molecule has 1 heterocycles. The van der Waals surface area contributed by atoms with Crippen molar-refractivity contribution in [3.8, 4) is 5.75 Å². The maximum atomic E-state index is 10.3. The van der Waals surface area contributed by atoms with Crippen molar-refractivity contribution < 1.29 is 9.84 Å². The smallest absolute Gasteiger partial charge is 0.142 e. The van der Waals surface area contributed by atoms with Crippen LogP contribution in [0, 0.1) is 0 Å². The van der Waals surface area contributed by atoms with Crippen molar-refractivity contribution in [1.29, 1.82) is 0 Å². The summed E-state index contributed by atoms with van der Waals surface area (Å²) in [6.45, 7) is 0.634. The van der Waals surface area contributed by atoms with Crippen molar-refractivity contribution in [2.75, 3.05) is 6.61 Å². The molecule has 116 valence electrons. The maximum Gasteiger partial charge on any atom is 0.142 e. The Kier molecular flexibility index (Phi) is 4.95. The van der Waals surface area contributed by atoms with Crippen molar-refractivity contribution >= 4 is 23.2 Å². The molecule has 3 nitrogen and oxygen atoms in total. The third kappa shape index (κ3) is 3.48. The Balaban J connectivity index is 1.81. The van der Waals surface area contributed by atoms with Crippen molar-refractivity contribution in [1.82, 2.24) is 5.32 Å². The first-order chi connectivity index (χ1) is 10.1. The molecule has 0 radical (unpaired) electrons. The van der Waals surface area contributed by atoms with Crippen molar-refractivity contribution in [3.63, 3.8) is 0 Å². The van der Waals surface area contributed by atoms with E-state index < -0.39 is 0 Å². The van der Waals surface area contributed by atoms with Crippen LogP contribution >= 0.6 is 23.2 Å². The molecule has 1 aliphatic heterocycles. The van der Waals surface area contributed by atoms with E-state index in [4.69, 9.17) is 27.9 Å². The highest BCUT2D eigenvalue weighted by Gasteiger charge is 2.29. The summed E-state index contributed by atoms with van der Waals surface area (Å²) in [6.07, 6.45) is 5.98. The number of benzene rings is 1. The van der Waals surface area contributed by atoms with Crippen LogP contribution in [0.1, 0.15) is 50.1 Å². The molecule has 1 saturated carbocycles. The van der Waals surface area contributed by atoms with Gasteiger partial charge in [-0.25, -0.2) is 0 Å². The zero-order valence-corrected chi connectivity index (χ0v) is 13.5. The Morgan fingerprint density at radius 2 is 1.90 bits per heavy atom. The molecule has 21 heavy (non-hydrogen) atoms. The molecule has 2 aliphatic rings. The molecule has 3 rings (SSSR count). The number of rotatable bonds is 2. The van der Waals surface area contributed by atoms with Crippen LogP contribution in [0.15, 0.2) is 12.1 Å². The van der Waals surface area contributed by atoms with Crippen LogP contribution in [-0.2, 0) is 0 Å². The van der Waals surface area contributed by atoms with Crippen LogP contribution in [0.2, 0.25) is 10.0 Å². The molecule has 3 unspecified atom stereocenters. The predicted octanol–water partition coefficient (Wildman–Crippen LogP) is 4.10. The first-order valence-corrected chi connectivity index (χ1v) is 8.46. The van der Waals surface area contributed by atoms with Crippen molar-refractivity contribution in [2.45, 2.75) is 56.7 Å². The van der Waals surface area contributed by atoms with E-state index in [0.29, 0.717) is 16.7 Å². The van der Waals surface area contributed by atoms with E-state index >= 15 is 0 Å². The number of halogens is 2. The topological polar surface area (TPSA) is 41.5 Å². The average molecular weight is 330 g/mol. The van der Waals surface area contributed by atoms with Gasteiger partial charge in [-0.05, 0) is 25.0 Å². The van der Waals surface area contributed by atoms with Gasteiger partial charge in [-0.3, -0.25) is 0 Å². The lowest BCUT2D eigenvalue weighted by Crippen LogP contribution is -2.42. The Labute approximate surface area is 135 Å². The van der Waals surface area contributed by atoms with Gasteiger partial charge in [-0.15, -0.1) is 0 Å². The van der Waals surface area contributed by atoms with Gasteiger partial charge >= 0.3 is 0 Å². The number of ether oxygens (including phenoxy) is 1. The van der Waals surface area contributed by atoms with Gasteiger partial charge in [0.25, 0.3) is 0 Å². The quantitative estimate of drug-likeness (QED) is 0.802. The molecule has 5 heteroatoms. The van der Waals surface area contributed by atoms with E-state index in [1.807, 2.05) is 6.07 Å². The molecule has 2 N–H and O–H groups in total. The molecule has 3 atom stereocenters. The number of aliphatic hydroxyl groups is 1. The van der Waals surface area contributed by atoms with Crippen LogP contribution in [0.5, 0.6) is 5.75 Å². The number of aliphatic hydroxyl groups excluding tert-OH is 1. The summed E-state index contributed by atoms with van der Waals surface area (Å²) >= 11 is 12.4. The molecule has 0 spiro atoms. The second-order valence-electron chi connectivity index (χ2n) is 5.97. The number of nitrogens with one attached hydrogen (secondary N) is 1. The molecule has 0 amide bonds. The Hall–Kier alpha value is -0.480. The number of hydrogen-bond donors (Lipinski definition) is 2. The highest BCUT2D eigenvalue weighted by molar-refractivity contribution is 6.35. The Morgan fingerprint density at radius 1 is 1.10 bits per heavy atom. The normalized spacial score (nSPS) is 29.4. The van der Waals surface area contributed by atoms with Gasteiger partial charge in [0.1, 0.15) is 5.75 Å². The molecular weight excluding hydrogens is 309 g/mol. The number of fused-ring (bicyclic) bond motifs is 1. The summed E-state index contributed by atoms with van der Waals surface area (Å²) in [6, 6.07) is 3.91. The molecule has 1 aromatic carbocycles. The fourth-order valence-corrected chi connectivity index (χ4v) is 3.90. The predicted molar refractivity (Wildman–Crippen MR) is 85.3 cm³/mol. The van der Waals surface area contributed by atoms with E-state index in [0.717, 1.165) is 37.0 Å². The van der Waals surface area contributed by atoms with Crippen LogP contribution in [-0.4, -0.2) is 23.9 Å². The van der Waals surface area contributed by atoms with Crippen molar-refractivity contribution in [2.24, 2.45) is 0 Å². The Bertz CT molecular complexity index is 509. The lowest BCUT2D eigenvalue weighted by Gasteiger charge is -2.32. The van der Waals surface area contributed by atoms with Gasteiger partial charge in [0.05, 0.1) is 17.7 Å². The Morgan fingerprint density at radius 3 is 2.76 bits per heavy atom. The molecule has 1 fully saturated rings. The van der Waals surface area contributed by atoms with Gasteiger partial charge in [0.2, 0.25) is 0 Å². The zero-order chi connectivity index (χ0) is 14.8. The first-order valence-electron chi connectivity index (χ1n) is 7.71. The van der Waals surface area contributed by atoms with Crippen LogP contribution in [0.4, 0.5) is 0 Å². The summed E-state index contributed by atoms with van der Waals surface area (Å²) in [7, 11) is 0. The summed E-state index contributed by atoms with van der Waals surface area (Å²) < 4.78 is 5.69. The third-order valence-corrected chi connectivity index (χ3v) is 4.96. The summed E-state index contributed by atoms with van der Waals surface area (Å²) in [4.78, 5) is 0. The van der Waals surface area contributed by atoms with Crippen LogP contribution in [0.25, 0.3) is 0 Å². The van der Waals surface area contributed by atoms with E-state index in [-0.39, 0.29) is 18.2 Å². The fraction of sp³-hybridized carbons (Fsp3) is 0.625. The fourth-order valence-electron chi connectivity index (χ4n) is 3.34.